The van der Waals surface area contributed by atoms with E-state index in [0.717, 1.165) is 0 Å². The van der Waals surface area contributed by atoms with E-state index in [4.69, 9.17) is 9.84 Å². The molecule has 1 amide bonds. The van der Waals surface area contributed by atoms with Crippen molar-refractivity contribution in [3.05, 3.63) is 53.6 Å². The topological polar surface area (TPSA) is 95.9 Å². The number of phenols is 1. The molecular formula is C15H13NO5. The number of aromatic carboxylic acids is 1. The van der Waals surface area contributed by atoms with Crippen molar-refractivity contribution in [2.24, 2.45) is 0 Å². The summed E-state index contributed by atoms with van der Waals surface area (Å²) in [5.74, 6) is -1.32. The van der Waals surface area contributed by atoms with Gasteiger partial charge in [0.25, 0.3) is 5.91 Å². The summed E-state index contributed by atoms with van der Waals surface area (Å²) in [6.07, 6.45) is 0. The Labute approximate surface area is 120 Å². The molecule has 0 aromatic heterocycles. The summed E-state index contributed by atoms with van der Waals surface area (Å²) < 4.78 is 5.01. The highest BCUT2D eigenvalue weighted by molar-refractivity contribution is 6.08. The summed E-state index contributed by atoms with van der Waals surface area (Å²) in [6.45, 7) is 0. The number of nitrogens with one attached hydrogen (secondary N) is 1. The van der Waals surface area contributed by atoms with Crippen LogP contribution < -0.4 is 10.1 Å². The first-order valence-corrected chi connectivity index (χ1v) is 6.03. The Morgan fingerprint density at radius 1 is 1.14 bits per heavy atom. The molecule has 0 fully saturated rings. The monoisotopic (exact) mass is 287 g/mol. The molecule has 0 aliphatic heterocycles. The zero-order valence-electron chi connectivity index (χ0n) is 11.2. The van der Waals surface area contributed by atoms with Crippen molar-refractivity contribution < 1.29 is 24.5 Å². The highest BCUT2D eigenvalue weighted by atomic mass is 16.5. The highest BCUT2D eigenvalue weighted by Gasteiger charge is 2.15. The predicted molar refractivity (Wildman–Crippen MR) is 76.0 cm³/mol. The number of rotatable bonds is 4. The van der Waals surface area contributed by atoms with Gasteiger partial charge in [0.1, 0.15) is 11.5 Å². The Morgan fingerprint density at radius 3 is 2.52 bits per heavy atom. The second-order valence-corrected chi connectivity index (χ2v) is 4.22. The standard InChI is InChI=1S/C15H13NO5/c1-21-11-5-6-12(15(19)20)13(8-11)16-14(18)9-3-2-4-10(17)7-9/h2-8,17H,1H3,(H,16,18)(H,19,20). The lowest BCUT2D eigenvalue weighted by molar-refractivity contribution is 0.0698. The maximum absolute atomic E-state index is 12.1. The number of carboxylic acid groups (broad SMARTS) is 1. The third-order valence-electron chi connectivity index (χ3n) is 2.81. The molecular weight excluding hydrogens is 274 g/mol. The summed E-state index contributed by atoms with van der Waals surface area (Å²) in [4.78, 5) is 23.2. The molecule has 0 spiro atoms. The van der Waals surface area contributed by atoms with Gasteiger partial charge in [-0.25, -0.2) is 4.79 Å². The van der Waals surface area contributed by atoms with Crippen LogP contribution >= 0.6 is 0 Å². The number of amides is 1. The molecule has 6 nitrogen and oxygen atoms in total. The van der Waals surface area contributed by atoms with Gasteiger partial charge < -0.3 is 20.3 Å². The molecule has 0 unspecified atom stereocenters. The number of aromatic hydroxyl groups is 1. The first-order chi connectivity index (χ1) is 10.0. The van der Waals surface area contributed by atoms with Crippen LogP contribution in [0.1, 0.15) is 20.7 Å². The SMILES string of the molecule is COc1ccc(C(=O)O)c(NC(=O)c2cccc(O)c2)c1. The fraction of sp³-hybridized carbons (Fsp3) is 0.0667. The van der Waals surface area contributed by atoms with Crippen molar-refractivity contribution in [1.29, 1.82) is 0 Å². The third-order valence-corrected chi connectivity index (χ3v) is 2.81. The fourth-order valence-corrected chi connectivity index (χ4v) is 1.78. The summed E-state index contributed by atoms with van der Waals surface area (Å²) >= 11 is 0. The largest absolute Gasteiger partial charge is 0.508 e. The Morgan fingerprint density at radius 2 is 1.90 bits per heavy atom. The van der Waals surface area contributed by atoms with Crippen molar-refractivity contribution >= 4 is 17.6 Å². The van der Waals surface area contributed by atoms with E-state index >= 15 is 0 Å². The van der Waals surface area contributed by atoms with Crippen molar-refractivity contribution in [1.82, 2.24) is 0 Å². The van der Waals surface area contributed by atoms with Gasteiger partial charge in [0.15, 0.2) is 0 Å². The number of anilines is 1. The molecule has 0 radical (unpaired) electrons. The summed E-state index contributed by atoms with van der Waals surface area (Å²) in [7, 11) is 1.44. The van der Waals surface area contributed by atoms with E-state index in [1.807, 2.05) is 0 Å². The quantitative estimate of drug-likeness (QED) is 0.802. The molecule has 0 bridgehead atoms. The Balaban J connectivity index is 2.33. The Bertz CT molecular complexity index is 696. The average molecular weight is 287 g/mol. The van der Waals surface area contributed by atoms with Crippen LogP contribution in [0.2, 0.25) is 0 Å². The van der Waals surface area contributed by atoms with Crippen LogP contribution in [0.3, 0.4) is 0 Å². The molecule has 6 heteroatoms. The summed E-state index contributed by atoms with van der Waals surface area (Å²) in [5, 5.41) is 21.0. The van der Waals surface area contributed by atoms with Gasteiger partial charge in [0, 0.05) is 11.6 Å². The molecule has 0 aliphatic carbocycles. The molecule has 0 saturated carbocycles. The van der Waals surface area contributed by atoms with E-state index < -0.39 is 11.9 Å². The van der Waals surface area contributed by atoms with E-state index in [1.54, 1.807) is 0 Å². The second-order valence-electron chi connectivity index (χ2n) is 4.22. The maximum Gasteiger partial charge on any atom is 0.337 e. The predicted octanol–water partition coefficient (Wildman–Crippen LogP) is 2.35. The second kappa shape index (κ2) is 5.96. The average Bonchev–Trinajstić information content (AvgIpc) is 2.46. The van der Waals surface area contributed by atoms with Crippen molar-refractivity contribution in [3.63, 3.8) is 0 Å². The maximum atomic E-state index is 12.1. The van der Waals surface area contributed by atoms with E-state index in [0.29, 0.717) is 5.75 Å². The van der Waals surface area contributed by atoms with Gasteiger partial charge in [-0.2, -0.15) is 0 Å². The molecule has 2 aromatic carbocycles. The van der Waals surface area contributed by atoms with Gasteiger partial charge in [-0.3, -0.25) is 4.79 Å². The molecule has 108 valence electrons. The number of carbonyl (C=O) groups is 2. The van der Waals surface area contributed by atoms with Crippen LogP contribution in [0, 0.1) is 0 Å². The van der Waals surface area contributed by atoms with Crippen LogP contribution in [-0.4, -0.2) is 29.2 Å². The molecule has 0 saturated heterocycles. The molecule has 2 aromatic rings. The smallest absolute Gasteiger partial charge is 0.337 e. The first kappa shape index (κ1) is 14.4. The van der Waals surface area contributed by atoms with E-state index in [9.17, 15) is 14.7 Å². The van der Waals surface area contributed by atoms with Gasteiger partial charge in [-0.1, -0.05) is 6.07 Å². The van der Waals surface area contributed by atoms with Gasteiger partial charge in [0.2, 0.25) is 0 Å². The van der Waals surface area contributed by atoms with Crippen LogP contribution in [0.4, 0.5) is 5.69 Å². The summed E-state index contributed by atoms with van der Waals surface area (Å²) in [6, 6.07) is 10.0. The molecule has 0 aliphatic rings. The lowest BCUT2D eigenvalue weighted by Crippen LogP contribution is -2.14. The number of carboxylic acids is 1. The number of benzene rings is 2. The van der Waals surface area contributed by atoms with E-state index in [1.165, 1.54) is 49.6 Å². The number of phenolic OH excluding ortho intramolecular Hbond substituents is 1. The third kappa shape index (κ3) is 3.30. The van der Waals surface area contributed by atoms with E-state index in [-0.39, 0.29) is 22.6 Å². The number of ether oxygens (including phenoxy) is 1. The Hall–Kier alpha value is -3.02. The fourth-order valence-electron chi connectivity index (χ4n) is 1.78. The number of carbonyl (C=O) groups excluding carboxylic acids is 1. The first-order valence-electron chi connectivity index (χ1n) is 6.03. The van der Waals surface area contributed by atoms with Crippen molar-refractivity contribution in [2.45, 2.75) is 0 Å². The highest BCUT2D eigenvalue weighted by Crippen LogP contribution is 2.23. The number of hydrogen-bond acceptors (Lipinski definition) is 4. The molecule has 0 heterocycles. The van der Waals surface area contributed by atoms with Crippen LogP contribution in [0.5, 0.6) is 11.5 Å². The lowest BCUT2D eigenvalue weighted by atomic mass is 10.1. The zero-order valence-corrected chi connectivity index (χ0v) is 11.2. The molecule has 0 atom stereocenters. The normalized spacial score (nSPS) is 9.95. The van der Waals surface area contributed by atoms with Gasteiger partial charge in [0.05, 0.1) is 18.4 Å². The van der Waals surface area contributed by atoms with Gasteiger partial charge in [-0.15, -0.1) is 0 Å². The van der Waals surface area contributed by atoms with Crippen LogP contribution in [0.25, 0.3) is 0 Å². The van der Waals surface area contributed by atoms with Crippen molar-refractivity contribution in [3.8, 4) is 11.5 Å². The number of methoxy groups -OCH3 is 1. The van der Waals surface area contributed by atoms with Crippen LogP contribution in [-0.2, 0) is 0 Å². The summed E-state index contributed by atoms with van der Waals surface area (Å²) in [5.41, 5.74) is 0.286. The minimum atomic E-state index is -1.16. The minimum absolute atomic E-state index is 0.0493. The van der Waals surface area contributed by atoms with Gasteiger partial charge >= 0.3 is 5.97 Å². The zero-order chi connectivity index (χ0) is 15.4. The van der Waals surface area contributed by atoms with Crippen molar-refractivity contribution in [2.75, 3.05) is 12.4 Å². The Kier molecular flexibility index (Phi) is 4.08. The lowest BCUT2D eigenvalue weighted by Gasteiger charge is -2.10. The number of hydrogen-bond donors (Lipinski definition) is 3. The molecule has 21 heavy (non-hydrogen) atoms. The van der Waals surface area contributed by atoms with Crippen LogP contribution in [0.15, 0.2) is 42.5 Å². The molecule has 2 rings (SSSR count). The van der Waals surface area contributed by atoms with Gasteiger partial charge in [-0.05, 0) is 30.3 Å². The van der Waals surface area contributed by atoms with E-state index in [2.05, 4.69) is 5.32 Å². The molecule has 3 N–H and O–H groups in total. The minimum Gasteiger partial charge on any atom is -0.508 e.